The molecule has 0 aliphatic carbocycles. The second-order valence-electron chi connectivity index (χ2n) is 7.65. The molecule has 2 N–H and O–H groups in total. The Morgan fingerprint density at radius 1 is 1.06 bits per heavy atom. The molecule has 0 saturated heterocycles. The molecule has 7 heteroatoms. The summed E-state index contributed by atoms with van der Waals surface area (Å²) in [6, 6.07) is 15.5. The van der Waals surface area contributed by atoms with E-state index in [1.807, 2.05) is 48.5 Å². The molecule has 3 rings (SSSR count). The van der Waals surface area contributed by atoms with Gasteiger partial charge in [-0.25, -0.2) is 4.79 Å². The van der Waals surface area contributed by atoms with Gasteiger partial charge in [-0.15, -0.1) is 0 Å². The maximum atomic E-state index is 12.7. The van der Waals surface area contributed by atoms with Crippen LogP contribution in [-0.4, -0.2) is 30.4 Å². The maximum absolute atomic E-state index is 12.7. The molecule has 0 aromatic heterocycles. The van der Waals surface area contributed by atoms with Crippen molar-refractivity contribution in [2.24, 2.45) is 0 Å². The number of allylic oxidation sites excluding steroid dienone is 1. The molecule has 168 valence electrons. The Hall–Kier alpha value is -3.12. The first-order valence-corrected chi connectivity index (χ1v) is 11.1. The van der Waals surface area contributed by atoms with Crippen LogP contribution in [0.1, 0.15) is 42.9 Å². The van der Waals surface area contributed by atoms with E-state index in [1.54, 1.807) is 18.2 Å². The van der Waals surface area contributed by atoms with Crippen LogP contribution >= 0.6 is 11.6 Å². The first-order chi connectivity index (χ1) is 15.5. The summed E-state index contributed by atoms with van der Waals surface area (Å²) in [5.74, 6) is -0.854. The lowest BCUT2D eigenvalue weighted by atomic mass is 10.1. The predicted molar refractivity (Wildman–Crippen MR) is 123 cm³/mol. The van der Waals surface area contributed by atoms with Crippen LogP contribution in [0.15, 0.2) is 66.7 Å². The number of cyclic esters (lactones) is 1. The zero-order chi connectivity index (χ0) is 22.8. The first-order valence-electron chi connectivity index (χ1n) is 10.7. The van der Waals surface area contributed by atoms with Gasteiger partial charge in [0.1, 0.15) is 12.6 Å². The maximum Gasteiger partial charge on any atom is 0.329 e. The van der Waals surface area contributed by atoms with Crippen molar-refractivity contribution in [3.8, 4) is 0 Å². The second-order valence-corrected chi connectivity index (χ2v) is 8.09. The normalized spacial score (nSPS) is 19.8. The molecule has 32 heavy (non-hydrogen) atoms. The molecule has 0 saturated carbocycles. The number of hydrogen-bond acceptors (Lipinski definition) is 4. The lowest BCUT2D eigenvalue weighted by molar-refractivity contribution is -0.149. The summed E-state index contributed by atoms with van der Waals surface area (Å²) in [5.41, 5.74) is 1.84. The van der Waals surface area contributed by atoms with Gasteiger partial charge >= 0.3 is 5.97 Å². The van der Waals surface area contributed by atoms with Gasteiger partial charge in [-0.05, 0) is 42.5 Å². The van der Waals surface area contributed by atoms with Crippen LogP contribution < -0.4 is 10.6 Å². The van der Waals surface area contributed by atoms with Crippen LogP contribution in [0.25, 0.3) is 0 Å². The van der Waals surface area contributed by atoms with Crippen molar-refractivity contribution < 1.29 is 19.1 Å². The number of amides is 2. The Bertz CT molecular complexity index is 944. The molecule has 2 aromatic carbocycles. The number of halogens is 1. The third-order valence-electron chi connectivity index (χ3n) is 5.18. The smallest absolute Gasteiger partial charge is 0.329 e. The van der Waals surface area contributed by atoms with Gasteiger partial charge in [-0.1, -0.05) is 66.2 Å². The highest BCUT2D eigenvalue weighted by Crippen LogP contribution is 2.15. The highest BCUT2D eigenvalue weighted by Gasteiger charge is 2.24. The zero-order valence-electron chi connectivity index (χ0n) is 17.8. The molecule has 2 amide bonds. The molecule has 1 heterocycles. The quantitative estimate of drug-likeness (QED) is 0.530. The van der Waals surface area contributed by atoms with Crippen molar-refractivity contribution in [3.63, 3.8) is 0 Å². The lowest BCUT2D eigenvalue weighted by Gasteiger charge is -2.22. The van der Waals surface area contributed by atoms with Gasteiger partial charge < -0.3 is 15.4 Å². The van der Waals surface area contributed by atoms with Crippen LogP contribution in [0.5, 0.6) is 0 Å². The largest absolute Gasteiger partial charge is 0.462 e. The van der Waals surface area contributed by atoms with Gasteiger partial charge in [-0.2, -0.15) is 0 Å². The van der Waals surface area contributed by atoms with Crippen LogP contribution in [0.2, 0.25) is 5.02 Å². The van der Waals surface area contributed by atoms with Gasteiger partial charge in [0, 0.05) is 17.9 Å². The molecule has 6 nitrogen and oxygen atoms in total. The number of hydrogen-bond donors (Lipinski definition) is 2. The minimum absolute atomic E-state index is 0.00452. The predicted octanol–water partition coefficient (Wildman–Crippen LogP) is 3.90. The van der Waals surface area contributed by atoms with Crippen molar-refractivity contribution in [1.82, 2.24) is 10.6 Å². The zero-order valence-corrected chi connectivity index (χ0v) is 18.5. The highest BCUT2D eigenvalue weighted by molar-refractivity contribution is 6.30. The molecule has 1 aliphatic heterocycles. The van der Waals surface area contributed by atoms with E-state index in [0.29, 0.717) is 30.7 Å². The minimum atomic E-state index is -0.782. The third kappa shape index (κ3) is 7.54. The number of carbonyl (C=O) groups excluding carboxylic acids is 3. The van der Waals surface area contributed by atoms with E-state index >= 15 is 0 Å². The Morgan fingerprint density at radius 2 is 1.81 bits per heavy atom. The van der Waals surface area contributed by atoms with E-state index in [2.05, 4.69) is 10.6 Å². The summed E-state index contributed by atoms with van der Waals surface area (Å²) in [7, 11) is 0. The number of carbonyl (C=O) groups is 3. The van der Waals surface area contributed by atoms with Crippen molar-refractivity contribution in [2.45, 2.75) is 44.2 Å². The summed E-state index contributed by atoms with van der Waals surface area (Å²) in [6.07, 6.45) is 5.64. The molecular weight excluding hydrogens is 428 g/mol. The van der Waals surface area contributed by atoms with E-state index in [-0.39, 0.29) is 24.8 Å². The Kier molecular flexibility index (Phi) is 8.87. The summed E-state index contributed by atoms with van der Waals surface area (Å²) in [6.45, 7) is -0.00452. The van der Waals surface area contributed by atoms with Gasteiger partial charge in [0.2, 0.25) is 11.8 Å². The Labute approximate surface area is 193 Å². The fourth-order valence-electron chi connectivity index (χ4n) is 3.39. The van der Waals surface area contributed by atoms with Crippen molar-refractivity contribution >= 4 is 29.4 Å². The second kappa shape index (κ2) is 12.1. The highest BCUT2D eigenvalue weighted by atomic mass is 35.5. The van der Waals surface area contributed by atoms with Crippen molar-refractivity contribution in [3.05, 3.63) is 82.9 Å². The Morgan fingerprint density at radius 3 is 2.56 bits per heavy atom. The van der Waals surface area contributed by atoms with E-state index in [1.165, 1.54) is 0 Å². The van der Waals surface area contributed by atoms with Crippen LogP contribution in [-0.2, 0) is 25.5 Å². The lowest BCUT2D eigenvalue weighted by Crippen LogP contribution is -2.43. The SMILES string of the molecule is O=C1CCC=CC[C@@H](NC(=O)CCc2ccc(Cl)cc2)C(=O)OC[C@@H](c2ccccc2)N1. The standard InChI is InChI=1S/C25H27ClN2O4/c26-20-14-11-18(12-15-20)13-16-24(30)27-21-9-5-2-6-10-23(29)28-22(17-32-25(21)31)19-7-3-1-4-8-19/h1-5,7-8,11-12,14-15,21-22H,6,9-10,13,16-17H2,(H,27,30)(H,28,29)/t21-,22+/m1/s1. The van der Waals surface area contributed by atoms with Crippen LogP contribution in [0, 0.1) is 0 Å². The molecule has 0 bridgehead atoms. The molecule has 2 atom stereocenters. The molecule has 0 fully saturated rings. The molecular formula is C25H27ClN2O4. The summed E-state index contributed by atoms with van der Waals surface area (Å²) >= 11 is 5.89. The Balaban J connectivity index is 1.62. The van der Waals surface area contributed by atoms with Crippen LogP contribution in [0.3, 0.4) is 0 Å². The molecule has 1 aliphatic rings. The van der Waals surface area contributed by atoms with Gasteiger partial charge in [-0.3, -0.25) is 9.59 Å². The number of nitrogens with one attached hydrogen (secondary N) is 2. The van der Waals surface area contributed by atoms with Crippen molar-refractivity contribution in [2.75, 3.05) is 6.61 Å². The summed E-state index contributed by atoms with van der Waals surface area (Å²) in [5, 5.41) is 6.35. The number of rotatable bonds is 5. The first kappa shape index (κ1) is 23.5. The third-order valence-corrected chi connectivity index (χ3v) is 5.43. The number of esters is 1. The number of aryl methyl sites for hydroxylation is 1. The monoisotopic (exact) mass is 454 g/mol. The fraction of sp³-hybridized carbons (Fsp3) is 0.320. The topological polar surface area (TPSA) is 84.5 Å². The summed E-state index contributed by atoms with van der Waals surface area (Å²) in [4.78, 5) is 37.4. The molecule has 0 spiro atoms. The van der Waals surface area contributed by atoms with Crippen LogP contribution in [0.4, 0.5) is 0 Å². The fourth-order valence-corrected chi connectivity index (χ4v) is 3.52. The number of benzene rings is 2. The number of ether oxygens (including phenoxy) is 1. The van der Waals surface area contributed by atoms with Gasteiger partial charge in [0.05, 0.1) is 6.04 Å². The summed E-state index contributed by atoms with van der Waals surface area (Å²) < 4.78 is 5.50. The molecule has 0 radical (unpaired) electrons. The molecule has 0 unspecified atom stereocenters. The average molecular weight is 455 g/mol. The van der Waals surface area contributed by atoms with E-state index in [4.69, 9.17) is 16.3 Å². The minimum Gasteiger partial charge on any atom is -0.462 e. The molecule has 2 aromatic rings. The van der Waals surface area contributed by atoms with Gasteiger partial charge in [0.15, 0.2) is 0 Å². The van der Waals surface area contributed by atoms with E-state index in [9.17, 15) is 14.4 Å². The van der Waals surface area contributed by atoms with E-state index < -0.39 is 18.1 Å². The van der Waals surface area contributed by atoms with Crippen molar-refractivity contribution in [1.29, 1.82) is 0 Å². The van der Waals surface area contributed by atoms with Gasteiger partial charge in [0.25, 0.3) is 0 Å². The van der Waals surface area contributed by atoms with E-state index in [0.717, 1.165) is 11.1 Å². The average Bonchev–Trinajstić information content (AvgIpc) is 2.80.